The quantitative estimate of drug-likeness (QED) is 0.586. The molecule has 0 atom stereocenters. The third kappa shape index (κ3) is 3.91. The molecule has 0 saturated heterocycles. The Bertz CT molecular complexity index is 679. The van der Waals surface area contributed by atoms with E-state index in [1.807, 2.05) is 0 Å². The van der Waals surface area contributed by atoms with Crippen LogP contribution in [-0.4, -0.2) is 15.1 Å². The fourth-order valence-corrected chi connectivity index (χ4v) is 2.52. The van der Waals surface area contributed by atoms with Crippen molar-refractivity contribution in [3.05, 3.63) is 50.6 Å². The Morgan fingerprint density at radius 1 is 1.19 bits per heavy atom. The normalized spacial score (nSPS) is 11.4. The highest BCUT2D eigenvalue weighted by atomic mass is 79.9. The van der Waals surface area contributed by atoms with E-state index in [1.54, 1.807) is 6.07 Å². The van der Waals surface area contributed by atoms with Crippen LogP contribution in [0.25, 0.3) is 0 Å². The summed E-state index contributed by atoms with van der Waals surface area (Å²) in [6, 6.07) is 6.27. The first-order valence-corrected chi connectivity index (χ1v) is 6.91. The Morgan fingerprint density at radius 3 is 2.43 bits per heavy atom. The van der Waals surface area contributed by atoms with Crippen LogP contribution in [0, 0.1) is 10.1 Å². The van der Waals surface area contributed by atoms with E-state index in [-0.39, 0.29) is 15.6 Å². The molecule has 0 saturated carbocycles. The number of nitro groups is 1. The van der Waals surface area contributed by atoms with Gasteiger partial charge in [-0.2, -0.15) is 13.2 Å². The molecule has 1 heterocycles. The highest BCUT2D eigenvalue weighted by Crippen LogP contribution is 2.36. The van der Waals surface area contributed by atoms with E-state index >= 15 is 0 Å². The van der Waals surface area contributed by atoms with E-state index in [9.17, 15) is 23.3 Å². The van der Waals surface area contributed by atoms with Crippen LogP contribution >= 0.6 is 27.7 Å². The molecule has 0 amide bonds. The van der Waals surface area contributed by atoms with Crippen LogP contribution in [0.5, 0.6) is 0 Å². The summed E-state index contributed by atoms with van der Waals surface area (Å²) in [5.74, 6) is 0. The third-order valence-electron chi connectivity index (χ3n) is 2.26. The van der Waals surface area contributed by atoms with Gasteiger partial charge in [0.15, 0.2) is 5.69 Å². The smallest absolute Gasteiger partial charge is 0.258 e. The van der Waals surface area contributed by atoms with Gasteiger partial charge in [-0.3, -0.25) is 10.1 Å². The maximum Gasteiger partial charge on any atom is 0.435 e. The van der Waals surface area contributed by atoms with Crippen molar-refractivity contribution in [3.8, 4) is 0 Å². The first-order chi connectivity index (χ1) is 9.77. The molecule has 0 fully saturated rings. The number of hydrogen-bond acceptors (Lipinski definition) is 5. The van der Waals surface area contributed by atoms with Crippen LogP contribution in [-0.2, 0) is 6.18 Å². The minimum absolute atomic E-state index is 0.133. The van der Waals surface area contributed by atoms with Gasteiger partial charge in [-0.1, -0.05) is 27.7 Å². The zero-order valence-corrected chi connectivity index (χ0v) is 12.4. The van der Waals surface area contributed by atoms with Crippen molar-refractivity contribution in [1.82, 2.24) is 10.2 Å². The fraction of sp³-hybridized carbons (Fsp3) is 0.0909. The molecule has 0 unspecified atom stereocenters. The molecule has 2 aromatic rings. The van der Waals surface area contributed by atoms with E-state index < -0.39 is 16.8 Å². The summed E-state index contributed by atoms with van der Waals surface area (Å²) in [5, 5.41) is 17.6. The van der Waals surface area contributed by atoms with Crippen LogP contribution < -0.4 is 0 Å². The molecule has 21 heavy (non-hydrogen) atoms. The number of nitro benzene ring substituents is 1. The predicted octanol–water partition coefficient (Wildman–Crippen LogP) is 4.32. The maximum absolute atomic E-state index is 12.4. The minimum atomic E-state index is -4.57. The average Bonchev–Trinajstić information content (AvgIpc) is 2.40. The Hall–Kier alpha value is -1.68. The van der Waals surface area contributed by atoms with E-state index in [0.29, 0.717) is 4.47 Å². The minimum Gasteiger partial charge on any atom is -0.258 e. The molecule has 2 rings (SSSR count). The van der Waals surface area contributed by atoms with Crippen molar-refractivity contribution in [2.45, 2.75) is 16.1 Å². The molecule has 1 aromatic carbocycles. The summed E-state index contributed by atoms with van der Waals surface area (Å²) >= 11 is 3.98. The SMILES string of the molecule is O=[N+]([O-])c1cc(Br)ccc1Sc1ccc(C(F)(F)F)nn1. The Labute approximate surface area is 128 Å². The fourth-order valence-electron chi connectivity index (χ4n) is 1.36. The molecule has 10 heteroatoms. The van der Waals surface area contributed by atoms with E-state index in [0.717, 1.165) is 23.9 Å². The number of rotatable bonds is 3. The van der Waals surface area contributed by atoms with Crippen LogP contribution in [0.4, 0.5) is 18.9 Å². The molecule has 0 bridgehead atoms. The van der Waals surface area contributed by atoms with Gasteiger partial charge in [-0.05, 0) is 24.3 Å². The van der Waals surface area contributed by atoms with Crippen LogP contribution in [0.15, 0.2) is 44.7 Å². The number of benzene rings is 1. The van der Waals surface area contributed by atoms with Gasteiger partial charge >= 0.3 is 6.18 Å². The molecule has 0 aliphatic heterocycles. The highest BCUT2D eigenvalue weighted by molar-refractivity contribution is 9.10. The highest BCUT2D eigenvalue weighted by Gasteiger charge is 2.33. The van der Waals surface area contributed by atoms with E-state index in [4.69, 9.17) is 0 Å². The van der Waals surface area contributed by atoms with Crippen LogP contribution in [0.2, 0.25) is 0 Å². The third-order valence-corrected chi connectivity index (χ3v) is 3.75. The monoisotopic (exact) mass is 379 g/mol. The molecule has 0 radical (unpaired) electrons. The molecule has 0 N–H and O–H groups in total. The lowest BCUT2D eigenvalue weighted by Gasteiger charge is -2.05. The number of aromatic nitrogens is 2. The van der Waals surface area contributed by atoms with Gasteiger partial charge in [0.1, 0.15) is 5.03 Å². The van der Waals surface area contributed by atoms with E-state index in [1.165, 1.54) is 12.1 Å². The molecule has 110 valence electrons. The van der Waals surface area contributed by atoms with Gasteiger partial charge in [0, 0.05) is 10.5 Å². The summed E-state index contributed by atoms with van der Waals surface area (Å²) < 4.78 is 37.6. The van der Waals surface area contributed by atoms with Crippen molar-refractivity contribution in [2.75, 3.05) is 0 Å². The molecular weight excluding hydrogens is 375 g/mol. The zero-order chi connectivity index (χ0) is 15.6. The topological polar surface area (TPSA) is 68.9 Å². The lowest BCUT2D eigenvalue weighted by Crippen LogP contribution is -2.08. The van der Waals surface area contributed by atoms with Gasteiger partial charge in [0.2, 0.25) is 0 Å². The first kappa shape index (κ1) is 15.7. The van der Waals surface area contributed by atoms with E-state index in [2.05, 4.69) is 26.1 Å². The standard InChI is InChI=1S/C11H5BrF3N3O2S/c12-6-1-2-8(7(5-6)18(19)20)21-10-4-3-9(16-17-10)11(13,14)15/h1-5H. The number of hydrogen-bond donors (Lipinski definition) is 0. The number of halogens is 4. The Kier molecular flexibility index (Phi) is 4.47. The predicted molar refractivity (Wildman–Crippen MR) is 72.0 cm³/mol. The van der Waals surface area contributed by atoms with Crippen molar-refractivity contribution in [2.24, 2.45) is 0 Å². The zero-order valence-electron chi connectivity index (χ0n) is 9.96. The molecule has 1 aromatic heterocycles. The molecule has 0 aliphatic rings. The first-order valence-electron chi connectivity index (χ1n) is 5.30. The second kappa shape index (κ2) is 5.98. The van der Waals surface area contributed by atoms with Gasteiger partial charge in [-0.25, -0.2) is 0 Å². The van der Waals surface area contributed by atoms with Crippen LogP contribution in [0.1, 0.15) is 5.69 Å². The summed E-state index contributed by atoms with van der Waals surface area (Å²) in [6.07, 6.45) is -4.57. The largest absolute Gasteiger partial charge is 0.435 e. The summed E-state index contributed by atoms with van der Waals surface area (Å²) in [4.78, 5) is 10.6. The van der Waals surface area contributed by atoms with Gasteiger partial charge in [-0.15, -0.1) is 10.2 Å². The Balaban J connectivity index is 2.28. The number of nitrogens with zero attached hydrogens (tertiary/aromatic N) is 3. The molecule has 5 nitrogen and oxygen atoms in total. The lowest BCUT2D eigenvalue weighted by molar-refractivity contribution is -0.387. The summed E-state index contributed by atoms with van der Waals surface area (Å²) in [7, 11) is 0. The van der Waals surface area contributed by atoms with Gasteiger partial charge in [0.25, 0.3) is 5.69 Å². The van der Waals surface area contributed by atoms with Crippen molar-refractivity contribution < 1.29 is 18.1 Å². The second-order valence-corrected chi connectivity index (χ2v) is 5.70. The summed E-state index contributed by atoms with van der Waals surface area (Å²) in [5.41, 5.74) is -1.28. The average molecular weight is 380 g/mol. The molecular formula is C11H5BrF3N3O2S. The number of alkyl halides is 3. The van der Waals surface area contributed by atoms with Crippen molar-refractivity contribution in [3.63, 3.8) is 0 Å². The molecule has 0 spiro atoms. The van der Waals surface area contributed by atoms with Crippen molar-refractivity contribution in [1.29, 1.82) is 0 Å². The second-order valence-electron chi connectivity index (χ2n) is 3.73. The lowest BCUT2D eigenvalue weighted by atomic mass is 10.3. The molecule has 0 aliphatic carbocycles. The van der Waals surface area contributed by atoms with Gasteiger partial charge < -0.3 is 0 Å². The summed E-state index contributed by atoms with van der Waals surface area (Å²) in [6.45, 7) is 0. The van der Waals surface area contributed by atoms with Crippen LogP contribution in [0.3, 0.4) is 0 Å². The van der Waals surface area contributed by atoms with Gasteiger partial charge in [0.05, 0.1) is 9.82 Å². The van der Waals surface area contributed by atoms with Crippen molar-refractivity contribution >= 4 is 33.4 Å². The Morgan fingerprint density at radius 2 is 1.90 bits per heavy atom. The maximum atomic E-state index is 12.4.